The van der Waals surface area contributed by atoms with Crippen LogP contribution in [0.4, 0.5) is 0 Å². The van der Waals surface area contributed by atoms with Crippen LogP contribution in [0.1, 0.15) is 25.2 Å². The molecular formula is C13H24N4O. The summed E-state index contributed by atoms with van der Waals surface area (Å²) >= 11 is 0. The molecule has 1 aliphatic heterocycles. The third-order valence-electron chi connectivity index (χ3n) is 3.45. The number of nitrogens with zero attached hydrogens (tertiary/aromatic N) is 3. The first-order valence-corrected chi connectivity index (χ1v) is 6.86. The van der Waals surface area contributed by atoms with Gasteiger partial charge in [-0.05, 0) is 19.4 Å². The Kier molecular flexibility index (Phi) is 4.74. The van der Waals surface area contributed by atoms with Crippen molar-refractivity contribution in [3.8, 4) is 0 Å². The van der Waals surface area contributed by atoms with E-state index >= 15 is 0 Å². The highest BCUT2D eigenvalue weighted by atomic mass is 16.5. The predicted octanol–water partition coefficient (Wildman–Crippen LogP) is 0.625. The van der Waals surface area contributed by atoms with E-state index in [1.165, 1.54) is 11.4 Å². The van der Waals surface area contributed by atoms with E-state index in [0.717, 1.165) is 39.2 Å². The normalized spacial score (nSPS) is 21.4. The minimum Gasteiger partial charge on any atom is -0.374 e. The monoisotopic (exact) mass is 252 g/mol. The summed E-state index contributed by atoms with van der Waals surface area (Å²) in [5.74, 6) is 0. The molecule has 0 aliphatic carbocycles. The van der Waals surface area contributed by atoms with Gasteiger partial charge in [0.2, 0.25) is 0 Å². The summed E-state index contributed by atoms with van der Waals surface area (Å²) in [5.41, 5.74) is 8.15. The third-order valence-corrected chi connectivity index (χ3v) is 3.45. The fraction of sp³-hybridized carbons (Fsp3) is 0.769. The minimum absolute atomic E-state index is 0.183. The van der Waals surface area contributed by atoms with Gasteiger partial charge in [-0.15, -0.1) is 0 Å². The van der Waals surface area contributed by atoms with Crippen LogP contribution in [0.25, 0.3) is 0 Å². The van der Waals surface area contributed by atoms with E-state index < -0.39 is 0 Å². The summed E-state index contributed by atoms with van der Waals surface area (Å²) in [6.45, 7) is 9.44. The van der Waals surface area contributed by atoms with E-state index in [4.69, 9.17) is 10.5 Å². The number of ether oxygens (including phenoxy) is 1. The molecule has 0 amide bonds. The first-order chi connectivity index (χ1) is 8.76. The van der Waals surface area contributed by atoms with E-state index in [9.17, 15) is 0 Å². The fourth-order valence-electron chi connectivity index (χ4n) is 2.38. The predicted molar refractivity (Wildman–Crippen MR) is 71.4 cm³/mol. The lowest BCUT2D eigenvalue weighted by atomic mass is 10.2. The fourth-order valence-corrected chi connectivity index (χ4v) is 2.38. The van der Waals surface area contributed by atoms with Crippen molar-refractivity contribution >= 4 is 0 Å². The largest absolute Gasteiger partial charge is 0.374 e. The molecule has 5 heteroatoms. The molecule has 1 fully saturated rings. The molecule has 2 heterocycles. The molecule has 1 aromatic heterocycles. The number of rotatable bonds is 5. The van der Waals surface area contributed by atoms with Crippen molar-refractivity contribution < 1.29 is 4.74 Å². The molecule has 5 nitrogen and oxygen atoms in total. The lowest BCUT2D eigenvalue weighted by Gasteiger charge is -2.32. The molecule has 1 unspecified atom stereocenters. The number of hydrogen-bond donors (Lipinski definition) is 1. The Balaban J connectivity index is 2.01. The van der Waals surface area contributed by atoms with Gasteiger partial charge in [-0.2, -0.15) is 5.10 Å². The summed E-state index contributed by atoms with van der Waals surface area (Å²) in [6, 6.07) is 2.22. The van der Waals surface area contributed by atoms with Gasteiger partial charge < -0.3 is 10.5 Å². The average molecular weight is 252 g/mol. The van der Waals surface area contributed by atoms with E-state index in [1.807, 2.05) is 0 Å². The van der Waals surface area contributed by atoms with Crippen LogP contribution < -0.4 is 5.73 Å². The number of hydrogen-bond acceptors (Lipinski definition) is 4. The molecule has 0 aromatic carbocycles. The second-order valence-corrected chi connectivity index (χ2v) is 4.76. The van der Waals surface area contributed by atoms with E-state index in [0.29, 0.717) is 6.54 Å². The van der Waals surface area contributed by atoms with Crippen LogP contribution in [0.5, 0.6) is 0 Å². The molecule has 0 radical (unpaired) electrons. The molecule has 1 saturated heterocycles. The molecule has 1 aliphatic rings. The Hall–Kier alpha value is -0.910. The standard InChI is InChI=1S/C13H24N4O/c1-3-11-7-12(17(4-2)15-11)9-16-5-6-18-13(8-14)10-16/h7,13H,3-6,8-10,14H2,1-2H3. The Labute approximate surface area is 109 Å². The smallest absolute Gasteiger partial charge is 0.0824 e. The zero-order chi connectivity index (χ0) is 13.0. The summed E-state index contributed by atoms with van der Waals surface area (Å²) in [4.78, 5) is 2.41. The number of nitrogens with two attached hydrogens (primary N) is 1. The third kappa shape index (κ3) is 3.10. The van der Waals surface area contributed by atoms with Crippen molar-refractivity contribution in [2.45, 2.75) is 39.5 Å². The minimum atomic E-state index is 0.183. The van der Waals surface area contributed by atoms with Gasteiger partial charge in [-0.3, -0.25) is 9.58 Å². The molecule has 1 atom stereocenters. The topological polar surface area (TPSA) is 56.3 Å². The van der Waals surface area contributed by atoms with Crippen molar-refractivity contribution in [2.24, 2.45) is 5.73 Å². The van der Waals surface area contributed by atoms with Crippen LogP contribution in [-0.4, -0.2) is 47.0 Å². The van der Waals surface area contributed by atoms with Crippen LogP contribution in [-0.2, 0) is 24.2 Å². The van der Waals surface area contributed by atoms with E-state index in [-0.39, 0.29) is 6.10 Å². The summed E-state index contributed by atoms with van der Waals surface area (Å²) in [7, 11) is 0. The molecular weight excluding hydrogens is 228 g/mol. The second-order valence-electron chi connectivity index (χ2n) is 4.76. The summed E-state index contributed by atoms with van der Waals surface area (Å²) in [5, 5.41) is 4.59. The second kappa shape index (κ2) is 6.31. The van der Waals surface area contributed by atoms with E-state index in [2.05, 4.69) is 34.6 Å². The van der Waals surface area contributed by atoms with Crippen LogP contribution in [0.3, 0.4) is 0 Å². The number of aryl methyl sites for hydroxylation is 2. The molecule has 2 N–H and O–H groups in total. The summed E-state index contributed by atoms with van der Waals surface area (Å²) in [6.07, 6.45) is 1.18. The van der Waals surface area contributed by atoms with Gasteiger partial charge in [0.05, 0.1) is 24.1 Å². The first kappa shape index (κ1) is 13.5. The molecule has 1 aromatic rings. The maximum absolute atomic E-state index is 5.67. The first-order valence-electron chi connectivity index (χ1n) is 6.86. The van der Waals surface area contributed by atoms with Gasteiger partial charge in [0, 0.05) is 32.7 Å². The van der Waals surface area contributed by atoms with Crippen LogP contribution in [0.15, 0.2) is 6.07 Å². The van der Waals surface area contributed by atoms with Gasteiger partial charge >= 0.3 is 0 Å². The van der Waals surface area contributed by atoms with Crippen LogP contribution >= 0.6 is 0 Å². The highest BCUT2D eigenvalue weighted by Gasteiger charge is 2.20. The molecule has 102 valence electrons. The SMILES string of the molecule is CCc1cc(CN2CCOC(CN)C2)n(CC)n1. The van der Waals surface area contributed by atoms with Gasteiger partial charge in [0.25, 0.3) is 0 Å². The van der Waals surface area contributed by atoms with E-state index in [1.54, 1.807) is 0 Å². The Morgan fingerprint density at radius 2 is 2.33 bits per heavy atom. The van der Waals surface area contributed by atoms with Gasteiger partial charge in [0.1, 0.15) is 0 Å². The van der Waals surface area contributed by atoms with Crippen molar-refractivity contribution in [2.75, 3.05) is 26.2 Å². The number of aromatic nitrogens is 2. The highest BCUT2D eigenvalue weighted by molar-refractivity contribution is 5.10. The molecule has 0 spiro atoms. The maximum Gasteiger partial charge on any atom is 0.0824 e. The van der Waals surface area contributed by atoms with Crippen molar-refractivity contribution in [3.05, 3.63) is 17.5 Å². The summed E-state index contributed by atoms with van der Waals surface area (Å²) < 4.78 is 7.69. The van der Waals surface area contributed by atoms with Crippen molar-refractivity contribution in [1.82, 2.24) is 14.7 Å². The molecule has 0 saturated carbocycles. The van der Waals surface area contributed by atoms with Gasteiger partial charge in [-0.1, -0.05) is 6.92 Å². The van der Waals surface area contributed by atoms with Crippen LogP contribution in [0.2, 0.25) is 0 Å². The maximum atomic E-state index is 5.67. The quantitative estimate of drug-likeness (QED) is 0.835. The molecule has 0 bridgehead atoms. The average Bonchev–Trinajstić information content (AvgIpc) is 2.81. The Morgan fingerprint density at radius 1 is 1.50 bits per heavy atom. The van der Waals surface area contributed by atoms with Gasteiger partial charge in [-0.25, -0.2) is 0 Å². The molecule has 2 rings (SSSR count). The zero-order valence-corrected chi connectivity index (χ0v) is 11.4. The Bertz CT molecular complexity index is 377. The van der Waals surface area contributed by atoms with Crippen LogP contribution in [0, 0.1) is 0 Å². The molecule has 18 heavy (non-hydrogen) atoms. The lowest BCUT2D eigenvalue weighted by molar-refractivity contribution is -0.0267. The van der Waals surface area contributed by atoms with Crippen molar-refractivity contribution in [3.63, 3.8) is 0 Å². The lowest BCUT2D eigenvalue weighted by Crippen LogP contribution is -2.45. The Morgan fingerprint density at radius 3 is 3.00 bits per heavy atom. The van der Waals surface area contributed by atoms with Gasteiger partial charge in [0.15, 0.2) is 0 Å². The highest BCUT2D eigenvalue weighted by Crippen LogP contribution is 2.12. The number of morpholine rings is 1. The van der Waals surface area contributed by atoms with Crippen molar-refractivity contribution in [1.29, 1.82) is 0 Å². The zero-order valence-electron chi connectivity index (χ0n) is 11.4.